The molecular weight excluding hydrogens is 380 g/mol. The van der Waals surface area contributed by atoms with Gasteiger partial charge in [0.05, 0.1) is 16.7 Å². The van der Waals surface area contributed by atoms with Crippen LogP contribution < -0.4 is 4.90 Å². The van der Waals surface area contributed by atoms with Gasteiger partial charge >= 0.3 is 0 Å². The summed E-state index contributed by atoms with van der Waals surface area (Å²) in [5, 5.41) is 11.8. The van der Waals surface area contributed by atoms with E-state index in [9.17, 15) is 9.90 Å². The highest BCUT2D eigenvalue weighted by molar-refractivity contribution is 8.00. The van der Waals surface area contributed by atoms with Crippen molar-refractivity contribution in [3.8, 4) is 0 Å². The summed E-state index contributed by atoms with van der Waals surface area (Å²) >= 11 is 8.00. The summed E-state index contributed by atoms with van der Waals surface area (Å²) in [6.45, 7) is 2.18. The Bertz CT molecular complexity index is 771. The fraction of sp³-hybridized carbons (Fsp3) is 0.667. The standard InChI is InChI=1S/C21H27ClN2O2S/c1-12(20-23(2)17-8-14(22)3-4-18(17)27-20)5-19(25)24-15-6-13-7-16(24)11-21(26,9-13)10-15/h3-4,8,12-13,15-16,20,26H,5-7,9-11H2,1-2H3. The highest BCUT2D eigenvalue weighted by atomic mass is 35.5. The maximum Gasteiger partial charge on any atom is 0.223 e. The molecule has 4 unspecified atom stereocenters. The number of rotatable bonds is 3. The lowest BCUT2D eigenvalue weighted by Gasteiger charge is -2.59. The van der Waals surface area contributed by atoms with Gasteiger partial charge in [0.15, 0.2) is 0 Å². The van der Waals surface area contributed by atoms with Gasteiger partial charge in [-0.1, -0.05) is 30.3 Å². The molecule has 4 atom stereocenters. The largest absolute Gasteiger partial charge is 0.390 e. The molecule has 1 aromatic carbocycles. The third-order valence-electron chi connectivity index (χ3n) is 7.10. The fourth-order valence-electron chi connectivity index (χ4n) is 6.18. The Balaban J connectivity index is 1.28. The van der Waals surface area contributed by atoms with E-state index >= 15 is 0 Å². The molecule has 2 aliphatic carbocycles. The number of aliphatic hydroxyl groups is 1. The first-order valence-electron chi connectivity index (χ1n) is 10.1. The van der Waals surface area contributed by atoms with Crippen molar-refractivity contribution >= 4 is 35.0 Å². The number of thioether (sulfide) groups is 1. The van der Waals surface area contributed by atoms with Gasteiger partial charge < -0.3 is 14.9 Å². The lowest BCUT2D eigenvalue weighted by atomic mass is 9.61. The van der Waals surface area contributed by atoms with E-state index in [4.69, 9.17) is 11.6 Å². The second-order valence-electron chi connectivity index (χ2n) is 9.20. The minimum atomic E-state index is -0.499. The van der Waals surface area contributed by atoms with Gasteiger partial charge in [0.2, 0.25) is 5.91 Å². The van der Waals surface area contributed by atoms with Gasteiger partial charge in [-0.15, -0.1) is 0 Å². The van der Waals surface area contributed by atoms with Crippen molar-refractivity contribution in [1.82, 2.24) is 4.90 Å². The molecule has 4 bridgehead atoms. The lowest BCUT2D eigenvalue weighted by molar-refractivity contribution is -0.175. The predicted molar refractivity (Wildman–Crippen MR) is 109 cm³/mol. The number of benzene rings is 1. The van der Waals surface area contributed by atoms with Gasteiger partial charge in [-0.2, -0.15) is 0 Å². The van der Waals surface area contributed by atoms with Crippen LogP contribution in [0.25, 0.3) is 0 Å². The van der Waals surface area contributed by atoms with Crippen LogP contribution in [0.4, 0.5) is 5.69 Å². The monoisotopic (exact) mass is 406 g/mol. The summed E-state index contributed by atoms with van der Waals surface area (Å²) in [6.07, 6.45) is 5.24. The second kappa shape index (κ2) is 6.30. The molecule has 5 aliphatic rings. The summed E-state index contributed by atoms with van der Waals surface area (Å²) in [6, 6.07) is 6.54. The fourth-order valence-corrected chi connectivity index (χ4v) is 7.68. The maximum absolute atomic E-state index is 13.2. The van der Waals surface area contributed by atoms with E-state index in [1.54, 1.807) is 0 Å². The number of anilines is 1. The summed E-state index contributed by atoms with van der Waals surface area (Å²) in [5.41, 5.74) is 0.662. The molecular formula is C21H27ClN2O2S. The Morgan fingerprint density at radius 1 is 1.33 bits per heavy atom. The molecule has 6 heteroatoms. The van der Waals surface area contributed by atoms with Crippen LogP contribution in [0, 0.1) is 11.8 Å². The molecule has 2 saturated carbocycles. The molecule has 1 N–H and O–H groups in total. The number of nitrogens with zero attached hydrogens (tertiary/aromatic N) is 2. The first-order valence-corrected chi connectivity index (χ1v) is 11.3. The zero-order valence-corrected chi connectivity index (χ0v) is 17.5. The molecule has 3 heterocycles. The van der Waals surface area contributed by atoms with Crippen LogP contribution >= 0.6 is 23.4 Å². The number of halogens is 1. The van der Waals surface area contributed by atoms with Crippen molar-refractivity contribution in [2.24, 2.45) is 11.8 Å². The van der Waals surface area contributed by atoms with Crippen molar-refractivity contribution in [2.75, 3.05) is 11.9 Å². The van der Waals surface area contributed by atoms with E-state index in [1.165, 1.54) is 4.90 Å². The normalized spacial score (nSPS) is 37.6. The zero-order chi connectivity index (χ0) is 18.9. The number of hydrogen-bond acceptors (Lipinski definition) is 4. The summed E-state index contributed by atoms with van der Waals surface area (Å²) < 4.78 is 0. The highest BCUT2D eigenvalue weighted by Crippen LogP contribution is 2.52. The van der Waals surface area contributed by atoms with Gasteiger partial charge in [-0.25, -0.2) is 0 Å². The van der Waals surface area contributed by atoms with Crippen molar-refractivity contribution < 1.29 is 9.90 Å². The SMILES string of the molecule is CC(CC(=O)N1C2CC3CC1CC(O)(C3)C2)C1Sc2ccc(Cl)cc2N1C. The highest BCUT2D eigenvalue weighted by Gasteiger charge is 2.55. The van der Waals surface area contributed by atoms with E-state index in [-0.39, 0.29) is 29.3 Å². The third kappa shape index (κ3) is 2.97. The molecule has 4 nitrogen and oxygen atoms in total. The van der Waals surface area contributed by atoms with Crippen LogP contribution in [0.1, 0.15) is 45.4 Å². The molecule has 2 saturated heterocycles. The summed E-state index contributed by atoms with van der Waals surface area (Å²) in [5.74, 6) is 1.14. The molecule has 0 spiro atoms. The molecule has 0 aromatic heterocycles. The maximum atomic E-state index is 13.2. The van der Waals surface area contributed by atoms with E-state index in [0.29, 0.717) is 12.3 Å². The number of amides is 1. The molecule has 0 radical (unpaired) electrons. The van der Waals surface area contributed by atoms with Gasteiger partial charge in [0, 0.05) is 35.5 Å². The van der Waals surface area contributed by atoms with Crippen LogP contribution in [0.2, 0.25) is 5.02 Å². The van der Waals surface area contributed by atoms with Gasteiger partial charge in [-0.3, -0.25) is 4.79 Å². The van der Waals surface area contributed by atoms with Gasteiger partial charge in [0.25, 0.3) is 0 Å². The molecule has 27 heavy (non-hydrogen) atoms. The second-order valence-corrected chi connectivity index (χ2v) is 10.8. The van der Waals surface area contributed by atoms with Crippen LogP contribution in [-0.4, -0.2) is 46.0 Å². The molecule has 146 valence electrons. The predicted octanol–water partition coefficient (Wildman–Crippen LogP) is 4.14. The number of carbonyl (C=O) groups is 1. The number of carbonyl (C=O) groups excluding carboxylic acids is 1. The molecule has 4 fully saturated rings. The zero-order valence-electron chi connectivity index (χ0n) is 15.9. The van der Waals surface area contributed by atoms with Crippen molar-refractivity contribution in [3.63, 3.8) is 0 Å². The average molecular weight is 407 g/mol. The van der Waals surface area contributed by atoms with E-state index in [1.807, 2.05) is 23.9 Å². The number of fused-ring (bicyclic) bond motifs is 1. The minimum Gasteiger partial charge on any atom is -0.390 e. The Hall–Kier alpha value is -0.910. The molecule has 1 amide bonds. The van der Waals surface area contributed by atoms with Crippen molar-refractivity contribution in [3.05, 3.63) is 23.2 Å². The Morgan fingerprint density at radius 3 is 2.70 bits per heavy atom. The molecule has 6 rings (SSSR count). The third-order valence-corrected chi connectivity index (χ3v) is 8.96. The Kier molecular flexibility index (Phi) is 4.23. The van der Waals surface area contributed by atoms with Crippen LogP contribution in [-0.2, 0) is 4.79 Å². The van der Waals surface area contributed by atoms with E-state index in [2.05, 4.69) is 29.8 Å². The van der Waals surface area contributed by atoms with Crippen molar-refractivity contribution in [1.29, 1.82) is 0 Å². The Morgan fingerprint density at radius 2 is 2.04 bits per heavy atom. The quantitative estimate of drug-likeness (QED) is 0.819. The van der Waals surface area contributed by atoms with E-state index in [0.717, 1.165) is 42.8 Å². The average Bonchev–Trinajstić information content (AvgIpc) is 2.89. The number of piperidine rings is 2. The molecule has 1 aromatic rings. The van der Waals surface area contributed by atoms with Crippen LogP contribution in [0.15, 0.2) is 23.1 Å². The van der Waals surface area contributed by atoms with Crippen molar-refractivity contribution in [2.45, 2.75) is 73.4 Å². The van der Waals surface area contributed by atoms with Gasteiger partial charge in [-0.05, 0) is 62.1 Å². The summed E-state index contributed by atoms with van der Waals surface area (Å²) in [7, 11) is 2.10. The van der Waals surface area contributed by atoms with Crippen LogP contribution in [0.5, 0.6) is 0 Å². The molecule has 3 aliphatic heterocycles. The van der Waals surface area contributed by atoms with Crippen LogP contribution in [0.3, 0.4) is 0 Å². The number of hydrogen-bond donors (Lipinski definition) is 1. The smallest absolute Gasteiger partial charge is 0.223 e. The topological polar surface area (TPSA) is 43.8 Å². The Labute approximate surface area is 170 Å². The van der Waals surface area contributed by atoms with E-state index < -0.39 is 5.60 Å². The lowest BCUT2D eigenvalue weighted by Crippen LogP contribution is -2.65. The first kappa shape index (κ1) is 18.1. The first-order chi connectivity index (χ1) is 12.8. The minimum absolute atomic E-state index is 0.249. The summed E-state index contributed by atoms with van der Waals surface area (Å²) in [4.78, 5) is 18.9. The van der Waals surface area contributed by atoms with Gasteiger partial charge in [0.1, 0.15) is 0 Å².